The molecule has 0 heterocycles. The molecule has 0 nitrogen and oxygen atoms in total. The van der Waals surface area contributed by atoms with Gasteiger partial charge in [0.1, 0.15) is 0 Å². The van der Waals surface area contributed by atoms with Crippen LogP contribution in [0.25, 0.3) is 0 Å². The Labute approximate surface area is 78.1 Å². The van der Waals surface area contributed by atoms with Crippen molar-refractivity contribution >= 4 is 0 Å². The van der Waals surface area contributed by atoms with E-state index >= 15 is 0 Å². The van der Waals surface area contributed by atoms with Gasteiger partial charge in [-0.3, -0.25) is 0 Å². The van der Waals surface area contributed by atoms with Crippen molar-refractivity contribution in [2.24, 2.45) is 17.8 Å². The van der Waals surface area contributed by atoms with Crippen molar-refractivity contribution in [1.82, 2.24) is 0 Å². The summed E-state index contributed by atoms with van der Waals surface area (Å²) >= 11 is 0. The van der Waals surface area contributed by atoms with Crippen LogP contribution in [0.15, 0.2) is 12.2 Å². The Morgan fingerprint density at radius 1 is 1.00 bits per heavy atom. The average Bonchev–Trinajstić information content (AvgIpc) is 1.98. The maximum atomic E-state index is 2.37. The molecule has 0 saturated heterocycles. The molecule has 0 aromatic rings. The molecule has 0 saturated carbocycles. The van der Waals surface area contributed by atoms with Crippen LogP contribution in [-0.2, 0) is 0 Å². The Balaban J connectivity index is 3.68. The van der Waals surface area contributed by atoms with Crippen molar-refractivity contribution in [3.63, 3.8) is 0 Å². The Kier molecular flexibility index (Phi) is 6.14. The lowest BCUT2D eigenvalue weighted by molar-refractivity contribution is 0.326. The quantitative estimate of drug-likeness (QED) is 0.538. The van der Waals surface area contributed by atoms with Crippen molar-refractivity contribution in [3.05, 3.63) is 12.2 Å². The van der Waals surface area contributed by atoms with E-state index in [1.807, 2.05) is 0 Å². The lowest BCUT2D eigenvalue weighted by atomic mass is 9.86. The molecule has 0 aliphatic carbocycles. The van der Waals surface area contributed by atoms with Gasteiger partial charge in [-0.2, -0.15) is 0 Å². The monoisotopic (exact) mass is 168 g/mol. The van der Waals surface area contributed by atoms with Gasteiger partial charge in [0, 0.05) is 0 Å². The third-order valence-electron chi connectivity index (χ3n) is 2.56. The van der Waals surface area contributed by atoms with E-state index in [1.165, 1.54) is 12.8 Å². The summed E-state index contributed by atoms with van der Waals surface area (Å²) < 4.78 is 0. The minimum atomic E-state index is 0.837. The van der Waals surface area contributed by atoms with Gasteiger partial charge in [0.15, 0.2) is 0 Å². The van der Waals surface area contributed by atoms with Crippen LogP contribution in [0.5, 0.6) is 0 Å². The molecule has 0 rings (SSSR count). The first-order valence-electron chi connectivity index (χ1n) is 5.19. The van der Waals surface area contributed by atoms with E-state index in [1.54, 1.807) is 0 Å². The van der Waals surface area contributed by atoms with E-state index in [9.17, 15) is 0 Å². The second-order valence-electron chi connectivity index (χ2n) is 4.39. The van der Waals surface area contributed by atoms with Gasteiger partial charge in [0.2, 0.25) is 0 Å². The van der Waals surface area contributed by atoms with Crippen LogP contribution >= 0.6 is 0 Å². The summed E-state index contributed by atoms with van der Waals surface area (Å²) in [5.74, 6) is 2.54. The van der Waals surface area contributed by atoms with Gasteiger partial charge in [-0.1, -0.05) is 39.8 Å². The molecular weight excluding hydrogens is 144 g/mol. The van der Waals surface area contributed by atoms with Gasteiger partial charge >= 0.3 is 0 Å². The second-order valence-corrected chi connectivity index (χ2v) is 4.39. The summed E-state index contributed by atoms with van der Waals surface area (Å²) in [6.07, 6.45) is 7.03. The molecule has 0 aliphatic heterocycles. The first kappa shape index (κ1) is 11.7. The SMILES string of the molecule is CC=CCC(C)C(C)CC(C)C. The smallest absolute Gasteiger partial charge is 0.0322 e. The van der Waals surface area contributed by atoms with E-state index in [2.05, 4.69) is 46.8 Å². The fourth-order valence-corrected chi connectivity index (χ4v) is 1.56. The van der Waals surface area contributed by atoms with Crippen molar-refractivity contribution in [3.8, 4) is 0 Å². The van der Waals surface area contributed by atoms with Crippen LogP contribution in [0.3, 0.4) is 0 Å². The highest BCUT2D eigenvalue weighted by Gasteiger charge is 2.11. The molecule has 2 atom stereocenters. The maximum Gasteiger partial charge on any atom is -0.0322 e. The van der Waals surface area contributed by atoms with Crippen molar-refractivity contribution in [2.45, 2.75) is 47.5 Å². The van der Waals surface area contributed by atoms with Gasteiger partial charge in [0.25, 0.3) is 0 Å². The lowest BCUT2D eigenvalue weighted by Crippen LogP contribution is -2.09. The normalized spacial score (nSPS) is 17.2. The van der Waals surface area contributed by atoms with Gasteiger partial charge in [0.05, 0.1) is 0 Å². The summed E-state index contributed by atoms with van der Waals surface area (Å²) in [6.45, 7) is 11.4. The summed E-state index contributed by atoms with van der Waals surface area (Å²) in [4.78, 5) is 0. The van der Waals surface area contributed by atoms with Crippen LogP contribution in [-0.4, -0.2) is 0 Å². The standard InChI is InChI=1S/C12H24/c1-6-7-8-11(4)12(5)9-10(2)3/h6-7,10-12H,8-9H2,1-5H3. The molecule has 0 aliphatic rings. The summed E-state index contributed by atoms with van der Waals surface area (Å²) in [5.41, 5.74) is 0. The zero-order valence-electron chi connectivity index (χ0n) is 9.30. The molecule has 0 amide bonds. The van der Waals surface area contributed by atoms with Gasteiger partial charge < -0.3 is 0 Å². The Hall–Kier alpha value is -0.260. The van der Waals surface area contributed by atoms with Crippen LogP contribution in [0.4, 0.5) is 0 Å². The van der Waals surface area contributed by atoms with Crippen LogP contribution < -0.4 is 0 Å². The number of allylic oxidation sites excluding steroid dienone is 2. The predicted molar refractivity (Wildman–Crippen MR) is 57.2 cm³/mol. The van der Waals surface area contributed by atoms with Crippen LogP contribution in [0, 0.1) is 17.8 Å². The van der Waals surface area contributed by atoms with Crippen molar-refractivity contribution < 1.29 is 0 Å². The van der Waals surface area contributed by atoms with Crippen LogP contribution in [0.1, 0.15) is 47.5 Å². The minimum absolute atomic E-state index is 0.837. The fraction of sp³-hybridized carbons (Fsp3) is 0.833. The summed E-state index contributed by atoms with van der Waals surface area (Å²) in [5, 5.41) is 0. The molecular formula is C12H24. The van der Waals surface area contributed by atoms with Gasteiger partial charge in [-0.05, 0) is 37.5 Å². The van der Waals surface area contributed by atoms with Crippen LogP contribution in [0.2, 0.25) is 0 Å². The largest absolute Gasteiger partial charge is 0.0917 e. The Bertz CT molecular complexity index is 122. The van der Waals surface area contributed by atoms with E-state index < -0.39 is 0 Å². The first-order chi connectivity index (χ1) is 5.57. The third-order valence-corrected chi connectivity index (χ3v) is 2.56. The third kappa shape index (κ3) is 5.40. The molecule has 2 unspecified atom stereocenters. The second kappa shape index (κ2) is 6.28. The molecule has 0 aromatic carbocycles. The Morgan fingerprint density at radius 2 is 1.58 bits per heavy atom. The number of hydrogen-bond acceptors (Lipinski definition) is 0. The minimum Gasteiger partial charge on any atom is -0.0917 e. The molecule has 0 bridgehead atoms. The molecule has 0 heteroatoms. The van der Waals surface area contributed by atoms with Gasteiger partial charge in [-0.25, -0.2) is 0 Å². The highest BCUT2D eigenvalue weighted by Crippen LogP contribution is 2.22. The molecule has 12 heavy (non-hydrogen) atoms. The number of rotatable bonds is 5. The maximum absolute atomic E-state index is 2.37. The van der Waals surface area contributed by atoms with Crippen molar-refractivity contribution in [1.29, 1.82) is 0 Å². The molecule has 0 fully saturated rings. The first-order valence-corrected chi connectivity index (χ1v) is 5.19. The lowest BCUT2D eigenvalue weighted by Gasteiger charge is -2.20. The molecule has 0 radical (unpaired) electrons. The van der Waals surface area contributed by atoms with E-state index in [0.717, 1.165) is 17.8 Å². The van der Waals surface area contributed by atoms with E-state index in [-0.39, 0.29) is 0 Å². The van der Waals surface area contributed by atoms with E-state index in [0.29, 0.717) is 0 Å². The summed E-state index contributed by atoms with van der Waals surface area (Å²) in [7, 11) is 0. The summed E-state index contributed by atoms with van der Waals surface area (Å²) in [6, 6.07) is 0. The molecule has 0 N–H and O–H groups in total. The van der Waals surface area contributed by atoms with Crippen molar-refractivity contribution in [2.75, 3.05) is 0 Å². The molecule has 0 spiro atoms. The van der Waals surface area contributed by atoms with Gasteiger partial charge in [-0.15, -0.1) is 0 Å². The zero-order chi connectivity index (χ0) is 9.56. The van der Waals surface area contributed by atoms with E-state index in [4.69, 9.17) is 0 Å². The average molecular weight is 168 g/mol. The predicted octanol–water partition coefficient (Wildman–Crippen LogP) is 4.27. The fourth-order valence-electron chi connectivity index (χ4n) is 1.56. The number of hydrogen-bond donors (Lipinski definition) is 0. The zero-order valence-corrected chi connectivity index (χ0v) is 9.30. The highest BCUT2D eigenvalue weighted by molar-refractivity contribution is 4.80. The topological polar surface area (TPSA) is 0 Å². The molecule has 72 valence electrons. The molecule has 0 aromatic heterocycles. The highest BCUT2D eigenvalue weighted by atomic mass is 14.2. The Morgan fingerprint density at radius 3 is 2.00 bits per heavy atom.